The van der Waals surface area contributed by atoms with Crippen molar-refractivity contribution in [3.05, 3.63) is 40.5 Å². The highest BCUT2D eigenvalue weighted by Gasteiger charge is 2.18. The minimum atomic E-state index is -0.476. The molecule has 8 heteroatoms. The van der Waals surface area contributed by atoms with Gasteiger partial charge in [-0.25, -0.2) is 9.37 Å². The van der Waals surface area contributed by atoms with Crippen molar-refractivity contribution >= 4 is 34.7 Å². The van der Waals surface area contributed by atoms with Crippen LogP contribution in [0.3, 0.4) is 0 Å². The van der Waals surface area contributed by atoms with Crippen molar-refractivity contribution in [2.45, 2.75) is 6.42 Å². The van der Waals surface area contributed by atoms with Gasteiger partial charge in [-0.1, -0.05) is 17.7 Å². The molecule has 0 aliphatic carbocycles. The fraction of sp³-hybridized carbons (Fsp3) is 0.333. The highest BCUT2D eigenvalue weighted by Crippen LogP contribution is 2.33. The first kappa shape index (κ1) is 16.2. The van der Waals surface area contributed by atoms with E-state index in [1.54, 1.807) is 12.1 Å². The summed E-state index contributed by atoms with van der Waals surface area (Å²) in [4.78, 5) is 7.71. The third kappa shape index (κ3) is 4.02. The largest absolute Gasteiger partial charge is 0.491 e. The van der Waals surface area contributed by atoms with Gasteiger partial charge >= 0.3 is 0 Å². The van der Waals surface area contributed by atoms with Crippen molar-refractivity contribution < 1.29 is 13.9 Å². The van der Waals surface area contributed by atoms with Crippen molar-refractivity contribution in [2.75, 3.05) is 25.1 Å². The Morgan fingerprint density at radius 2 is 2.26 bits per heavy atom. The number of rotatable bonds is 5. The average molecular weight is 358 g/mol. The first-order valence-electron chi connectivity index (χ1n) is 7.07. The molecule has 1 aromatic carbocycles. The summed E-state index contributed by atoms with van der Waals surface area (Å²) in [6.07, 6.45) is 2.28. The SMILES string of the molecule is Fc1cccc(OCC2CCOC2)c1Nc1nc(Cl)ncc1Cl. The van der Waals surface area contributed by atoms with Crippen LogP contribution < -0.4 is 10.1 Å². The summed E-state index contributed by atoms with van der Waals surface area (Å²) in [6, 6.07) is 4.58. The molecule has 0 spiro atoms. The molecule has 2 aromatic rings. The molecule has 122 valence electrons. The first-order chi connectivity index (χ1) is 11.1. The minimum absolute atomic E-state index is 0.0128. The number of nitrogens with one attached hydrogen (secondary N) is 1. The van der Waals surface area contributed by atoms with Crippen LogP contribution in [0.15, 0.2) is 24.4 Å². The Labute approximate surface area is 142 Å². The average Bonchev–Trinajstić information content (AvgIpc) is 3.05. The second-order valence-electron chi connectivity index (χ2n) is 5.11. The van der Waals surface area contributed by atoms with Crippen LogP contribution in [-0.2, 0) is 4.74 Å². The van der Waals surface area contributed by atoms with E-state index in [0.717, 1.165) is 13.0 Å². The molecule has 1 aromatic heterocycles. The van der Waals surface area contributed by atoms with E-state index in [1.165, 1.54) is 12.3 Å². The van der Waals surface area contributed by atoms with Crippen molar-refractivity contribution in [1.29, 1.82) is 0 Å². The molecule has 23 heavy (non-hydrogen) atoms. The quantitative estimate of drug-likeness (QED) is 0.817. The number of benzene rings is 1. The second kappa shape index (κ2) is 7.29. The Morgan fingerprint density at radius 3 is 3.04 bits per heavy atom. The van der Waals surface area contributed by atoms with Crippen LogP contribution >= 0.6 is 23.2 Å². The van der Waals surface area contributed by atoms with E-state index < -0.39 is 5.82 Å². The van der Waals surface area contributed by atoms with Gasteiger partial charge in [0.25, 0.3) is 0 Å². The lowest BCUT2D eigenvalue weighted by Gasteiger charge is -2.16. The van der Waals surface area contributed by atoms with Crippen LogP contribution in [0.1, 0.15) is 6.42 Å². The predicted molar refractivity (Wildman–Crippen MR) is 86.2 cm³/mol. The number of aromatic nitrogens is 2. The second-order valence-corrected chi connectivity index (χ2v) is 5.86. The fourth-order valence-corrected chi connectivity index (χ4v) is 2.49. The van der Waals surface area contributed by atoms with E-state index in [-0.39, 0.29) is 21.8 Å². The van der Waals surface area contributed by atoms with Gasteiger partial charge in [-0.15, -0.1) is 0 Å². The van der Waals surface area contributed by atoms with Gasteiger partial charge in [-0.05, 0) is 30.2 Å². The normalized spacial score (nSPS) is 17.3. The van der Waals surface area contributed by atoms with E-state index in [4.69, 9.17) is 32.7 Å². The lowest BCUT2D eigenvalue weighted by molar-refractivity contribution is 0.167. The fourth-order valence-electron chi connectivity index (χ4n) is 2.22. The molecule has 1 aliphatic heterocycles. The maximum absolute atomic E-state index is 14.2. The van der Waals surface area contributed by atoms with E-state index in [2.05, 4.69) is 15.3 Å². The monoisotopic (exact) mass is 357 g/mol. The van der Waals surface area contributed by atoms with Gasteiger partial charge in [-0.2, -0.15) is 4.98 Å². The maximum atomic E-state index is 14.2. The lowest BCUT2D eigenvalue weighted by atomic mass is 10.1. The molecule has 0 radical (unpaired) electrons. The zero-order chi connectivity index (χ0) is 16.2. The smallest absolute Gasteiger partial charge is 0.224 e. The molecule has 1 N–H and O–H groups in total. The summed E-state index contributed by atoms with van der Waals surface area (Å²) < 4.78 is 25.2. The first-order valence-corrected chi connectivity index (χ1v) is 7.83. The van der Waals surface area contributed by atoms with Crippen LogP contribution in [0.25, 0.3) is 0 Å². The molecule has 2 heterocycles. The highest BCUT2D eigenvalue weighted by atomic mass is 35.5. The van der Waals surface area contributed by atoms with Gasteiger partial charge in [0, 0.05) is 12.5 Å². The minimum Gasteiger partial charge on any atom is -0.491 e. The van der Waals surface area contributed by atoms with Crippen molar-refractivity contribution in [3.63, 3.8) is 0 Å². The number of para-hydroxylation sites is 1. The van der Waals surface area contributed by atoms with Crippen LogP contribution in [0.5, 0.6) is 5.75 Å². The Hall–Kier alpha value is -1.63. The summed E-state index contributed by atoms with van der Waals surface area (Å²) in [6.45, 7) is 1.85. The third-order valence-corrected chi connectivity index (χ3v) is 3.89. The Kier molecular flexibility index (Phi) is 5.15. The van der Waals surface area contributed by atoms with Gasteiger partial charge in [0.15, 0.2) is 11.6 Å². The standard InChI is InChI=1S/C15H14Cl2FN3O2/c16-10-6-19-15(17)21-14(10)20-13-11(18)2-1-3-12(13)23-8-9-4-5-22-7-9/h1-3,6,9H,4-5,7-8H2,(H,19,20,21). The molecule has 1 saturated heterocycles. The molecular weight excluding hydrogens is 344 g/mol. The summed E-state index contributed by atoms with van der Waals surface area (Å²) in [5.41, 5.74) is 0.156. The molecule has 5 nitrogen and oxygen atoms in total. The van der Waals surface area contributed by atoms with Crippen molar-refractivity contribution in [1.82, 2.24) is 9.97 Å². The summed E-state index contributed by atoms with van der Waals surface area (Å²) in [5.74, 6) is 0.424. The Balaban J connectivity index is 1.81. The van der Waals surface area contributed by atoms with Crippen molar-refractivity contribution in [3.8, 4) is 5.75 Å². The lowest BCUT2D eigenvalue weighted by Crippen LogP contribution is -2.13. The highest BCUT2D eigenvalue weighted by molar-refractivity contribution is 6.33. The molecular formula is C15H14Cl2FN3O2. The molecule has 1 aliphatic rings. The molecule has 1 fully saturated rings. The number of halogens is 3. The molecule has 0 amide bonds. The predicted octanol–water partition coefficient (Wildman–Crippen LogP) is 4.08. The maximum Gasteiger partial charge on any atom is 0.224 e. The number of anilines is 2. The topological polar surface area (TPSA) is 56.3 Å². The van der Waals surface area contributed by atoms with Crippen molar-refractivity contribution in [2.24, 2.45) is 5.92 Å². The van der Waals surface area contributed by atoms with Gasteiger partial charge in [-0.3, -0.25) is 0 Å². The van der Waals surface area contributed by atoms with Gasteiger partial charge in [0.2, 0.25) is 5.28 Å². The summed E-state index contributed by atoms with van der Waals surface area (Å²) in [7, 11) is 0. The zero-order valence-corrected chi connectivity index (χ0v) is 13.6. The van der Waals surface area contributed by atoms with E-state index >= 15 is 0 Å². The van der Waals surface area contributed by atoms with Gasteiger partial charge in [0.05, 0.1) is 19.4 Å². The van der Waals surface area contributed by atoms with E-state index in [9.17, 15) is 4.39 Å². The Bertz CT molecular complexity index is 696. The van der Waals surface area contributed by atoms with E-state index in [0.29, 0.717) is 24.9 Å². The number of ether oxygens (including phenoxy) is 2. The van der Waals surface area contributed by atoms with Crippen LogP contribution in [0.2, 0.25) is 10.3 Å². The Morgan fingerprint density at radius 1 is 1.39 bits per heavy atom. The third-order valence-electron chi connectivity index (χ3n) is 3.43. The number of hydrogen-bond acceptors (Lipinski definition) is 5. The van der Waals surface area contributed by atoms with E-state index in [1.807, 2.05) is 0 Å². The molecule has 0 bridgehead atoms. The zero-order valence-electron chi connectivity index (χ0n) is 12.1. The molecule has 1 atom stereocenters. The van der Waals surface area contributed by atoms with Crippen LogP contribution in [0.4, 0.5) is 15.9 Å². The van der Waals surface area contributed by atoms with Crippen LogP contribution in [-0.4, -0.2) is 29.8 Å². The number of nitrogens with zero attached hydrogens (tertiary/aromatic N) is 2. The molecule has 0 saturated carbocycles. The van der Waals surface area contributed by atoms with Crippen LogP contribution in [0, 0.1) is 11.7 Å². The summed E-state index contributed by atoms with van der Waals surface area (Å²) >= 11 is 11.8. The molecule has 3 rings (SSSR count). The summed E-state index contributed by atoms with van der Waals surface area (Å²) in [5, 5.41) is 3.07. The molecule has 1 unspecified atom stereocenters. The van der Waals surface area contributed by atoms with Gasteiger partial charge in [0.1, 0.15) is 16.5 Å². The van der Waals surface area contributed by atoms with Gasteiger partial charge < -0.3 is 14.8 Å². The number of hydrogen-bond donors (Lipinski definition) is 1.